The van der Waals surface area contributed by atoms with Gasteiger partial charge in [-0.05, 0) is 43.3 Å². The number of carbonyl (C=O) groups is 1. The van der Waals surface area contributed by atoms with Gasteiger partial charge in [0.25, 0.3) is 0 Å². The lowest BCUT2D eigenvalue weighted by Gasteiger charge is -2.12. The number of amides is 1. The number of rotatable bonds is 8. The summed E-state index contributed by atoms with van der Waals surface area (Å²) >= 11 is 0. The molecular weight excluding hydrogens is 294 g/mol. The largest absolute Gasteiger partial charge is 0.497 e. The van der Waals surface area contributed by atoms with Crippen LogP contribution in [0.2, 0.25) is 0 Å². The molecule has 1 N–H and O–H groups in total. The van der Waals surface area contributed by atoms with Crippen LogP contribution in [0.1, 0.15) is 19.1 Å². The average Bonchev–Trinajstić information content (AvgIpc) is 3.02. The molecule has 0 aliphatic carbocycles. The lowest BCUT2D eigenvalue weighted by Crippen LogP contribution is -2.35. The first-order valence-corrected chi connectivity index (χ1v) is 7.64. The van der Waals surface area contributed by atoms with Gasteiger partial charge < -0.3 is 19.2 Å². The zero-order valence-electron chi connectivity index (χ0n) is 13.8. The van der Waals surface area contributed by atoms with E-state index in [1.807, 2.05) is 43.3 Å². The molecule has 0 radical (unpaired) electrons. The summed E-state index contributed by atoms with van der Waals surface area (Å²) in [4.78, 5) is 11.8. The Morgan fingerprint density at radius 3 is 2.57 bits per heavy atom. The van der Waals surface area contributed by atoms with Crippen molar-refractivity contribution in [3.05, 3.63) is 42.2 Å². The van der Waals surface area contributed by atoms with Crippen molar-refractivity contribution in [2.75, 3.05) is 20.8 Å². The van der Waals surface area contributed by atoms with Crippen LogP contribution in [0, 0.1) is 0 Å². The molecule has 0 saturated heterocycles. The molecule has 124 valence electrons. The molecule has 0 saturated carbocycles. The molecule has 0 bridgehead atoms. The van der Waals surface area contributed by atoms with Crippen LogP contribution in [0.3, 0.4) is 0 Å². The number of carbonyl (C=O) groups excluding carboxylic acids is 1. The maximum atomic E-state index is 11.8. The molecular formula is C18H23NO4. The van der Waals surface area contributed by atoms with Gasteiger partial charge in [-0.25, -0.2) is 0 Å². The molecule has 0 unspecified atom stereocenters. The molecule has 2 rings (SSSR count). The van der Waals surface area contributed by atoms with Gasteiger partial charge in [0.05, 0.1) is 13.7 Å². The molecule has 0 fully saturated rings. The van der Waals surface area contributed by atoms with Crippen molar-refractivity contribution in [3.63, 3.8) is 0 Å². The summed E-state index contributed by atoms with van der Waals surface area (Å²) in [6.45, 7) is 2.42. The van der Waals surface area contributed by atoms with E-state index < -0.39 is 0 Å². The summed E-state index contributed by atoms with van der Waals surface area (Å²) < 4.78 is 15.9. The van der Waals surface area contributed by atoms with Crippen molar-refractivity contribution >= 4 is 5.91 Å². The van der Waals surface area contributed by atoms with Crippen LogP contribution in [0.5, 0.6) is 5.75 Å². The Labute approximate surface area is 136 Å². The van der Waals surface area contributed by atoms with E-state index >= 15 is 0 Å². The van der Waals surface area contributed by atoms with Crippen molar-refractivity contribution in [2.45, 2.75) is 25.8 Å². The van der Waals surface area contributed by atoms with Crippen molar-refractivity contribution in [2.24, 2.45) is 0 Å². The molecule has 23 heavy (non-hydrogen) atoms. The molecule has 1 aromatic carbocycles. The Bertz CT molecular complexity index is 618. The standard InChI is InChI=1S/C18H23NO4/c1-13(12-21-2)19-18(20)11-9-16-8-10-17(23-16)14-4-6-15(22-3)7-5-14/h4-8,10,13H,9,11-12H2,1-3H3,(H,19,20)/t13-/m0/s1. The Hall–Kier alpha value is -2.27. The van der Waals surface area contributed by atoms with Crippen LogP contribution in [-0.2, 0) is 16.0 Å². The van der Waals surface area contributed by atoms with Gasteiger partial charge in [0.2, 0.25) is 5.91 Å². The molecule has 1 heterocycles. The Kier molecular flexibility index (Phi) is 6.23. The smallest absolute Gasteiger partial charge is 0.220 e. The fraction of sp³-hybridized carbons (Fsp3) is 0.389. The fourth-order valence-corrected chi connectivity index (χ4v) is 2.30. The number of methoxy groups -OCH3 is 2. The van der Waals surface area contributed by atoms with E-state index in [-0.39, 0.29) is 11.9 Å². The third-order valence-corrected chi connectivity index (χ3v) is 3.46. The van der Waals surface area contributed by atoms with E-state index in [0.29, 0.717) is 19.4 Å². The normalized spacial score (nSPS) is 12.0. The summed E-state index contributed by atoms with van der Waals surface area (Å²) in [7, 11) is 3.25. The molecule has 1 atom stereocenters. The minimum Gasteiger partial charge on any atom is -0.497 e. The quantitative estimate of drug-likeness (QED) is 0.813. The number of benzene rings is 1. The Morgan fingerprint density at radius 2 is 1.91 bits per heavy atom. The third-order valence-electron chi connectivity index (χ3n) is 3.46. The first-order valence-electron chi connectivity index (χ1n) is 7.64. The minimum atomic E-state index is -0.00283. The van der Waals surface area contributed by atoms with Crippen LogP contribution in [0.25, 0.3) is 11.3 Å². The zero-order chi connectivity index (χ0) is 16.7. The number of ether oxygens (including phenoxy) is 2. The number of hydrogen-bond acceptors (Lipinski definition) is 4. The van der Waals surface area contributed by atoms with Crippen molar-refractivity contribution in [1.29, 1.82) is 0 Å². The Morgan fingerprint density at radius 1 is 1.17 bits per heavy atom. The molecule has 1 amide bonds. The molecule has 0 aliphatic heterocycles. The van der Waals surface area contributed by atoms with Crippen LogP contribution >= 0.6 is 0 Å². The van der Waals surface area contributed by atoms with E-state index in [2.05, 4.69) is 5.32 Å². The van der Waals surface area contributed by atoms with Gasteiger partial charge in [0.1, 0.15) is 17.3 Å². The summed E-state index contributed by atoms with van der Waals surface area (Å²) in [5, 5.41) is 2.88. The van der Waals surface area contributed by atoms with E-state index in [4.69, 9.17) is 13.9 Å². The van der Waals surface area contributed by atoms with Gasteiger partial charge in [-0.2, -0.15) is 0 Å². The summed E-state index contributed by atoms with van der Waals surface area (Å²) in [5.41, 5.74) is 0.982. The predicted molar refractivity (Wildman–Crippen MR) is 88.5 cm³/mol. The second kappa shape index (κ2) is 8.39. The van der Waals surface area contributed by atoms with E-state index in [1.165, 1.54) is 0 Å². The van der Waals surface area contributed by atoms with Crippen molar-refractivity contribution in [3.8, 4) is 17.1 Å². The highest BCUT2D eigenvalue weighted by molar-refractivity contribution is 5.76. The number of aryl methyl sites for hydroxylation is 1. The molecule has 5 nitrogen and oxygen atoms in total. The lowest BCUT2D eigenvalue weighted by molar-refractivity contribution is -0.122. The minimum absolute atomic E-state index is 0.00283. The van der Waals surface area contributed by atoms with Crippen molar-refractivity contribution < 1.29 is 18.7 Å². The van der Waals surface area contributed by atoms with Crippen LogP contribution in [0.4, 0.5) is 0 Å². The first-order chi connectivity index (χ1) is 11.1. The summed E-state index contributed by atoms with van der Waals surface area (Å²) in [5.74, 6) is 2.39. The van der Waals surface area contributed by atoms with Gasteiger partial charge in [0.15, 0.2) is 0 Å². The number of furan rings is 1. The van der Waals surface area contributed by atoms with Gasteiger partial charge in [-0.3, -0.25) is 4.79 Å². The molecule has 0 aliphatic rings. The monoisotopic (exact) mass is 317 g/mol. The van der Waals surface area contributed by atoms with Gasteiger partial charge in [-0.1, -0.05) is 0 Å². The highest BCUT2D eigenvalue weighted by atomic mass is 16.5. The van der Waals surface area contributed by atoms with Gasteiger partial charge in [-0.15, -0.1) is 0 Å². The SMILES string of the molecule is COC[C@H](C)NC(=O)CCc1ccc(-c2ccc(OC)cc2)o1. The molecule has 0 spiro atoms. The first kappa shape index (κ1) is 17.1. The van der Waals surface area contributed by atoms with E-state index in [9.17, 15) is 4.79 Å². The maximum absolute atomic E-state index is 11.8. The van der Waals surface area contributed by atoms with E-state index in [0.717, 1.165) is 22.8 Å². The summed E-state index contributed by atoms with van der Waals surface area (Å²) in [6, 6.07) is 11.5. The third kappa shape index (κ3) is 5.14. The highest BCUT2D eigenvalue weighted by Gasteiger charge is 2.10. The second-order valence-electron chi connectivity index (χ2n) is 5.42. The van der Waals surface area contributed by atoms with Crippen LogP contribution in [-0.4, -0.2) is 32.8 Å². The maximum Gasteiger partial charge on any atom is 0.220 e. The van der Waals surface area contributed by atoms with E-state index in [1.54, 1.807) is 14.2 Å². The number of nitrogens with one attached hydrogen (secondary N) is 1. The van der Waals surface area contributed by atoms with Gasteiger partial charge in [0, 0.05) is 31.6 Å². The lowest BCUT2D eigenvalue weighted by atomic mass is 10.2. The van der Waals surface area contributed by atoms with Gasteiger partial charge >= 0.3 is 0 Å². The average molecular weight is 317 g/mol. The Balaban J connectivity index is 1.88. The highest BCUT2D eigenvalue weighted by Crippen LogP contribution is 2.24. The second-order valence-corrected chi connectivity index (χ2v) is 5.42. The van der Waals surface area contributed by atoms with Crippen LogP contribution < -0.4 is 10.1 Å². The molecule has 2 aromatic rings. The predicted octanol–water partition coefficient (Wildman–Crippen LogP) is 3.04. The number of hydrogen-bond donors (Lipinski definition) is 1. The molecule has 1 aromatic heterocycles. The fourth-order valence-electron chi connectivity index (χ4n) is 2.30. The topological polar surface area (TPSA) is 60.7 Å². The van der Waals surface area contributed by atoms with Crippen LogP contribution in [0.15, 0.2) is 40.8 Å². The zero-order valence-corrected chi connectivity index (χ0v) is 13.8. The van der Waals surface area contributed by atoms with Crippen molar-refractivity contribution in [1.82, 2.24) is 5.32 Å². The summed E-state index contributed by atoms with van der Waals surface area (Å²) in [6.07, 6.45) is 0.964. The molecule has 5 heteroatoms.